The smallest absolute Gasteiger partial charge is 0.123 e. The maximum atomic E-state index is 9.91. The molecule has 0 radical (unpaired) electrons. The lowest BCUT2D eigenvalue weighted by Crippen LogP contribution is -1.82. The summed E-state index contributed by atoms with van der Waals surface area (Å²) in [5.41, 5.74) is 3.12. The topological polar surface area (TPSA) is 61.8 Å². The zero-order chi connectivity index (χ0) is 11.8. The lowest BCUT2D eigenvalue weighted by atomic mass is 10.0. The molecule has 1 aromatic heterocycles. The Hall–Kier alpha value is -1.88. The molecule has 0 aliphatic rings. The number of aromatic hydroxyl groups is 1. The molecule has 0 bridgehead atoms. The van der Waals surface area contributed by atoms with E-state index in [0.717, 1.165) is 26.6 Å². The van der Waals surface area contributed by atoms with Crippen LogP contribution < -0.4 is 0 Å². The highest BCUT2D eigenvalue weighted by atomic mass is 79.9. The molecule has 0 aliphatic heterocycles. The number of rotatable bonds is 1. The van der Waals surface area contributed by atoms with Gasteiger partial charge in [-0.15, -0.1) is 0 Å². The van der Waals surface area contributed by atoms with E-state index in [9.17, 15) is 5.11 Å². The fourth-order valence-corrected chi connectivity index (χ4v) is 2.17. The van der Waals surface area contributed by atoms with E-state index in [1.807, 2.05) is 24.3 Å². The molecule has 17 heavy (non-hydrogen) atoms. The molecule has 3 aromatic rings. The number of benzene rings is 2. The highest BCUT2D eigenvalue weighted by molar-refractivity contribution is 9.10. The monoisotopic (exact) mass is 289 g/mol. The second kappa shape index (κ2) is 3.85. The van der Waals surface area contributed by atoms with Gasteiger partial charge in [0.1, 0.15) is 16.8 Å². The molecule has 0 atom stereocenters. The first-order valence-electron chi connectivity index (χ1n) is 5.04. The number of fused-ring (bicyclic) bond motifs is 1. The Balaban J connectivity index is 2.34. The van der Waals surface area contributed by atoms with Crippen LogP contribution in [0.4, 0.5) is 0 Å². The Morgan fingerprint density at radius 2 is 1.94 bits per heavy atom. The van der Waals surface area contributed by atoms with E-state index in [1.165, 1.54) is 0 Å². The van der Waals surface area contributed by atoms with Crippen LogP contribution >= 0.6 is 15.9 Å². The molecule has 0 aliphatic carbocycles. The molecular formula is C12H8BrN3O. The number of nitrogens with zero attached hydrogens (tertiary/aromatic N) is 2. The molecule has 0 spiro atoms. The molecule has 84 valence electrons. The van der Waals surface area contributed by atoms with Gasteiger partial charge < -0.3 is 5.11 Å². The van der Waals surface area contributed by atoms with E-state index < -0.39 is 0 Å². The van der Waals surface area contributed by atoms with E-state index in [1.54, 1.807) is 12.1 Å². The number of aromatic amines is 1. The number of hydrogen-bond donors (Lipinski definition) is 2. The molecule has 0 saturated carbocycles. The number of aromatic nitrogens is 3. The van der Waals surface area contributed by atoms with Crippen molar-refractivity contribution in [3.63, 3.8) is 0 Å². The van der Waals surface area contributed by atoms with Crippen LogP contribution in [-0.2, 0) is 0 Å². The van der Waals surface area contributed by atoms with Gasteiger partial charge in [0.2, 0.25) is 0 Å². The number of H-pyrrole nitrogens is 1. The van der Waals surface area contributed by atoms with Crippen LogP contribution in [0.3, 0.4) is 0 Å². The van der Waals surface area contributed by atoms with Gasteiger partial charge in [0.15, 0.2) is 0 Å². The van der Waals surface area contributed by atoms with Gasteiger partial charge in [0, 0.05) is 15.6 Å². The minimum atomic E-state index is 0.226. The molecule has 0 amide bonds. The SMILES string of the molecule is Oc1ccc(Br)cc1-c1cccc2n[nH]nc12. The molecule has 4 nitrogen and oxygen atoms in total. The lowest BCUT2D eigenvalue weighted by molar-refractivity contribution is 0.477. The van der Waals surface area contributed by atoms with Crippen molar-refractivity contribution in [1.29, 1.82) is 0 Å². The fourth-order valence-electron chi connectivity index (χ4n) is 1.81. The summed E-state index contributed by atoms with van der Waals surface area (Å²) in [6, 6.07) is 11.0. The van der Waals surface area contributed by atoms with Crippen LogP contribution in [0.1, 0.15) is 0 Å². The number of nitrogens with one attached hydrogen (secondary N) is 1. The summed E-state index contributed by atoms with van der Waals surface area (Å²) in [6.07, 6.45) is 0. The number of halogens is 1. The first kappa shape index (κ1) is 10.3. The molecule has 2 N–H and O–H groups in total. The average molecular weight is 290 g/mol. The third-order valence-corrected chi connectivity index (χ3v) is 3.09. The van der Waals surface area contributed by atoms with Crippen molar-refractivity contribution < 1.29 is 5.11 Å². The minimum Gasteiger partial charge on any atom is -0.507 e. The van der Waals surface area contributed by atoms with Crippen LogP contribution in [0.15, 0.2) is 40.9 Å². The number of para-hydroxylation sites is 1. The quantitative estimate of drug-likeness (QED) is 0.724. The van der Waals surface area contributed by atoms with Crippen LogP contribution in [0.5, 0.6) is 5.75 Å². The van der Waals surface area contributed by atoms with Crippen LogP contribution in [0.2, 0.25) is 0 Å². The van der Waals surface area contributed by atoms with Gasteiger partial charge in [-0.1, -0.05) is 28.1 Å². The van der Waals surface area contributed by atoms with Gasteiger partial charge in [0.05, 0.1) is 0 Å². The minimum absolute atomic E-state index is 0.226. The standard InChI is InChI=1S/C12H8BrN3O/c13-7-4-5-11(17)9(6-7)8-2-1-3-10-12(8)15-16-14-10/h1-6,17H,(H,14,15,16). The van der Waals surface area contributed by atoms with E-state index in [0.29, 0.717) is 0 Å². The normalized spacial score (nSPS) is 10.9. The Kier molecular flexibility index (Phi) is 2.33. The Morgan fingerprint density at radius 3 is 2.82 bits per heavy atom. The predicted molar refractivity (Wildman–Crippen MR) is 68.7 cm³/mol. The van der Waals surface area contributed by atoms with E-state index in [-0.39, 0.29) is 5.75 Å². The Morgan fingerprint density at radius 1 is 1.06 bits per heavy atom. The molecule has 0 fully saturated rings. The number of phenolic OH excluding ortho intramolecular Hbond substituents is 1. The molecule has 0 unspecified atom stereocenters. The van der Waals surface area contributed by atoms with E-state index in [2.05, 4.69) is 31.3 Å². The predicted octanol–water partition coefficient (Wildman–Crippen LogP) is 3.09. The maximum absolute atomic E-state index is 9.91. The van der Waals surface area contributed by atoms with Crippen molar-refractivity contribution in [2.24, 2.45) is 0 Å². The third kappa shape index (κ3) is 1.68. The molecular weight excluding hydrogens is 282 g/mol. The molecule has 5 heteroatoms. The molecule has 3 rings (SSSR count). The van der Waals surface area contributed by atoms with Gasteiger partial charge in [0.25, 0.3) is 0 Å². The van der Waals surface area contributed by atoms with Gasteiger partial charge in [-0.2, -0.15) is 15.4 Å². The van der Waals surface area contributed by atoms with Crippen LogP contribution in [0, 0.1) is 0 Å². The summed E-state index contributed by atoms with van der Waals surface area (Å²) in [6.45, 7) is 0. The Bertz CT molecular complexity index is 693. The van der Waals surface area contributed by atoms with Crippen molar-refractivity contribution in [2.75, 3.05) is 0 Å². The van der Waals surface area contributed by atoms with E-state index >= 15 is 0 Å². The summed E-state index contributed by atoms with van der Waals surface area (Å²) in [7, 11) is 0. The largest absolute Gasteiger partial charge is 0.507 e. The summed E-state index contributed by atoms with van der Waals surface area (Å²) in [5, 5.41) is 20.6. The summed E-state index contributed by atoms with van der Waals surface area (Å²) >= 11 is 3.39. The van der Waals surface area contributed by atoms with Crippen molar-refractivity contribution in [3.8, 4) is 16.9 Å². The third-order valence-electron chi connectivity index (χ3n) is 2.60. The summed E-state index contributed by atoms with van der Waals surface area (Å²) in [5.74, 6) is 0.226. The van der Waals surface area contributed by atoms with Crippen molar-refractivity contribution >= 4 is 27.0 Å². The maximum Gasteiger partial charge on any atom is 0.123 e. The zero-order valence-electron chi connectivity index (χ0n) is 8.68. The highest BCUT2D eigenvalue weighted by Crippen LogP contribution is 2.34. The lowest BCUT2D eigenvalue weighted by Gasteiger charge is -2.05. The van der Waals surface area contributed by atoms with Crippen molar-refractivity contribution in [2.45, 2.75) is 0 Å². The van der Waals surface area contributed by atoms with Crippen molar-refractivity contribution in [3.05, 3.63) is 40.9 Å². The fraction of sp³-hybridized carbons (Fsp3) is 0. The van der Waals surface area contributed by atoms with Gasteiger partial charge in [-0.05, 0) is 24.3 Å². The Labute approximate surface area is 105 Å². The van der Waals surface area contributed by atoms with Crippen molar-refractivity contribution in [1.82, 2.24) is 15.4 Å². The van der Waals surface area contributed by atoms with E-state index in [4.69, 9.17) is 0 Å². The van der Waals surface area contributed by atoms with Gasteiger partial charge in [-0.3, -0.25) is 0 Å². The van der Waals surface area contributed by atoms with Crippen LogP contribution in [0.25, 0.3) is 22.2 Å². The summed E-state index contributed by atoms with van der Waals surface area (Å²) < 4.78 is 0.908. The summed E-state index contributed by atoms with van der Waals surface area (Å²) in [4.78, 5) is 0. The van der Waals surface area contributed by atoms with Gasteiger partial charge in [-0.25, -0.2) is 0 Å². The number of hydrogen-bond acceptors (Lipinski definition) is 3. The number of phenols is 1. The zero-order valence-corrected chi connectivity index (χ0v) is 10.3. The second-order valence-electron chi connectivity index (χ2n) is 3.66. The second-order valence-corrected chi connectivity index (χ2v) is 4.57. The van der Waals surface area contributed by atoms with Gasteiger partial charge >= 0.3 is 0 Å². The molecule has 1 heterocycles. The first-order chi connectivity index (χ1) is 8.25. The molecule has 2 aromatic carbocycles. The first-order valence-corrected chi connectivity index (χ1v) is 5.83. The average Bonchev–Trinajstić information content (AvgIpc) is 2.80. The highest BCUT2D eigenvalue weighted by Gasteiger charge is 2.10. The van der Waals surface area contributed by atoms with Crippen LogP contribution in [-0.4, -0.2) is 20.5 Å². The molecule has 0 saturated heterocycles.